The molecule has 0 atom stereocenters. The summed E-state index contributed by atoms with van der Waals surface area (Å²) in [6, 6.07) is 0.621. The Balaban J connectivity index is 3.35. The second kappa shape index (κ2) is 4.16. The molecule has 0 radical (unpaired) electrons. The maximum absolute atomic E-state index is 12.9. The Bertz CT molecular complexity index is 395. The van der Waals surface area contributed by atoms with E-state index in [0.717, 1.165) is 7.11 Å². The van der Waals surface area contributed by atoms with Crippen LogP contribution in [0.15, 0.2) is 6.07 Å². The Labute approximate surface area is 82.3 Å². The minimum absolute atomic E-state index is 0.404. The summed E-state index contributed by atoms with van der Waals surface area (Å²) in [4.78, 5) is 13.4. The molecule has 0 aromatic carbocycles. The smallest absolute Gasteiger partial charge is 0.358 e. The number of nitrogens with zero attached hydrogens (tertiary/aromatic N) is 1. The van der Waals surface area contributed by atoms with Crippen LogP contribution in [0, 0.1) is 5.95 Å². The molecule has 1 rings (SSSR count). The number of carbonyl (C=O) groups is 1. The summed E-state index contributed by atoms with van der Waals surface area (Å²) in [5.74, 6) is -3.46. The minimum Gasteiger partial charge on any atom is -0.494 e. The van der Waals surface area contributed by atoms with Gasteiger partial charge in [0.05, 0.1) is 12.7 Å². The van der Waals surface area contributed by atoms with E-state index in [0.29, 0.717) is 6.07 Å². The monoisotopic (exact) mass is 221 g/mol. The topological polar surface area (TPSA) is 59.4 Å². The highest BCUT2D eigenvalue weighted by molar-refractivity contribution is 5.88. The molecular formula is C8H6F3NO3. The van der Waals surface area contributed by atoms with Crippen molar-refractivity contribution in [1.82, 2.24) is 4.98 Å². The first-order valence-corrected chi connectivity index (χ1v) is 3.73. The van der Waals surface area contributed by atoms with Crippen LogP contribution in [-0.2, 0) is 0 Å². The van der Waals surface area contributed by atoms with Crippen molar-refractivity contribution in [1.29, 1.82) is 0 Å². The maximum atomic E-state index is 12.9. The van der Waals surface area contributed by atoms with E-state index in [9.17, 15) is 18.0 Å². The van der Waals surface area contributed by atoms with E-state index >= 15 is 0 Å². The SMILES string of the molecule is COc1cc(C(F)F)c(F)nc1C(=O)O. The molecule has 0 unspecified atom stereocenters. The fourth-order valence-corrected chi connectivity index (χ4v) is 0.949. The predicted octanol–water partition coefficient (Wildman–Crippen LogP) is 1.87. The van der Waals surface area contributed by atoms with Gasteiger partial charge in [0.25, 0.3) is 6.43 Å². The Morgan fingerprint density at radius 3 is 2.60 bits per heavy atom. The lowest BCUT2D eigenvalue weighted by Gasteiger charge is -2.07. The molecule has 1 N–H and O–H groups in total. The highest BCUT2D eigenvalue weighted by Crippen LogP contribution is 2.27. The highest BCUT2D eigenvalue weighted by Gasteiger charge is 2.22. The van der Waals surface area contributed by atoms with E-state index in [4.69, 9.17) is 5.11 Å². The third-order valence-corrected chi connectivity index (χ3v) is 1.63. The van der Waals surface area contributed by atoms with Gasteiger partial charge >= 0.3 is 5.97 Å². The van der Waals surface area contributed by atoms with E-state index in [2.05, 4.69) is 9.72 Å². The van der Waals surface area contributed by atoms with Crippen LogP contribution in [-0.4, -0.2) is 23.2 Å². The zero-order valence-electron chi connectivity index (χ0n) is 7.50. The molecule has 4 nitrogen and oxygen atoms in total. The molecular weight excluding hydrogens is 215 g/mol. The van der Waals surface area contributed by atoms with E-state index in [1.54, 1.807) is 0 Å². The molecule has 0 amide bonds. The lowest BCUT2D eigenvalue weighted by atomic mass is 10.2. The van der Waals surface area contributed by atoms with E-state index in [1.165, 1.54) is 0 Å². The maximum Gasteiger partial charge on any atom is 0.358 e. The largest absolute Gasteiger partial charge is 0.494 e. The molecule has 1 aromatic heterocycles. The van der Waals surface area contributed by atoms with Crippen molar-refractivity contribution in [3.05, 3.63) is 23.3 Å². The van der Waals surface area contributed by atoms with Crippen molar-refractivity contribution in [3.8, 4) is 5.75 Å². The van der Waals surface area contributed by atoms with Gasteiger partial charge < -0.3 is 9.84 Å². The second-order valence-electron chi connectivity index (χ2n) is 2.53. The average molecular weight is 221 g/mol. The predicted molar refractivity (Wildman–Crippen MR) is 42.7 cm³/mol. The molecule has 0 bridgehead atoms. The number of ether oxygens (including phenoxy) is 1. The molecule has 0 saturated carbocycles. The zero-order chi connectivity index (χ0) is 11.6. The van der Waals surface area contributed by atoms with E-state index < -0.39 is 35.3 Å². The highest BCUT2D eigenvalue weighted by atomic mass is 19.3. The first-order valence-electron chi connectivity index (χ1n) is 3.73. The standard InChI is InChI=1S/C8H6F3NO3/c1-15-4-2-3(6(9)10)7(11)12-5(4)8(13)14/h2,6H,1H3,(H,13,14). The molecule has 7 heteroatoms. The molecule has 15 heavy (non-hydrogen) atoms. The number of carboxylic acids is 1. The molecule has 82 valence electrons. The zero-order valence-corrected chi connectivity index (χ0v) is 7.50. The van der Waals surface area contributed by atoms with E-state index in [1.807, 2.05) is 0 Å². The first kappa shape index (κ1) is 11.3. The molecule has 0 aliphatic carbocycles. The summed E-state index contributed by atoms with van der Waals surface area (Å²) in [6.07, 6.45) is -3.07. The first-order chi connectivity index (χ1) is 6.97. The summed E-state index contributed by atoms with van der Waals surface area (Å²) in [5, 5.41) is 8.55. The van der Waals surface area contributed by atoms with Gasteiger partial charge in [0.2, 0.25) is 5.95 Å². The van der Waals surface area contributed by atoms with Gasteiger partial charge in [-0.05, 0) is 6.07 Å². The van der Waals surface area contributed by atoms with E-state index in [-0.39, 0.29) is 0 Å². The molecule has 1 aromatic rings. The number of aromatic carboxylic acids is 1. The summed E-state index contributed by atoms with van der Waals surface area (Å²) in [6.45, 7) is 0. The Morgan fingerprint density at radius 1 is 1.60 bits per heavy atom. The Morgan fingerprint density at radius 2 is 2.20 bits per heavy atom. The minimum atomic E-state index is -3.07. The number of pyridine rings is 1. The molecule has 0 aliphatic rings. The number of hydrogen-bond donors (Lipinski definition) is 1. The van der Waals surface area contributed by atoms with Gasteiger partial charge in [0.15, 0.2) is 11.4 Å². The van der Waals surface area contributed by atoms with Crippen LogP contribution in [0.1, 0.15) is 22.5 Å². The molecule has 0 aliphatic heterocycles. The quantitative estimate of drug-likeness (QED) is 0.791. The molecule has 0 spiro atoms. The number of alkyl halides is 2. The van der Waals surface area contributed by atoms with Gasteiger partial charge in [0.1, 0.15) is 0 Å². The second-order valence-corrected chi connectivity index (χ2v) is 2.53. The van der Waals surface area contributed by atoms with Crippen molar-refractivity contribution in [3.63, 3.8) is 0 Å². The lowest BCUT2D eigenvalue weighted by molar-refractivity contribution is 0.0683. The van der Waals surface area contributed by atoms with Gasteiger partial charge in [-0.2, -0.15) is 4.39 Å². The summed E-state index contributed by atoms with van der Waals surface area (Å²) < 4.78 is 41.8. The average Bonchev–Trinajstić information content (AvgIpc) is 2.16. The number of halogens is 3. The van der Waals surface area contributed by atoms with Crippen LogP contribution < -0.4 is 4.74 Å². The number of aromatic nitrogens is 1. The number of carboxylic acid groups (broad SMARTS) is 1. The third kappa shape index (κ3) is 2.17. The lowest BCUT2D eigenvalue weighted by Crippen LogP contribution is -2.08. The van der Waals surface area contributed by atoms with Crippen LogP contribution >= 0.6 is 0 Å². The molecule has 1 heterocycles. The Kier molecular flexibility index (Phi) is 3.13. The fraction of sp³-hybridized carbons (Fsp3) is 0.250. The molecule has 0 fully saturated rings. The summed E-state index contributed by atoms with van der Waals surface area (Å²) >= 11 is 0. The van der Waals surface area contributed by atoms with Crippen LogP contribution in [0.2, 0.25) is 0 Å². The normalized spacial score (nSPS) is 10.5. The van der Waals surface area contributed by atoms with Crippen molar-refractivity contribution < 1.29 is 27.8 Å². The van der Waals surface area contributed by atoms with Crippen molar-refractivity contribution in [2.24, 2.45) is 0 Å². The van der Waals surface area contributed by atoms with Gasteiger partial charge in [-0.1, -0.05) is 0 Å². The third-order valence-electron chi connectivity index (χ3n) is 1.63. The number of rotatable bonds is 3. The van der Waals surface area contributed by atoms with Crippen LogP contribution in [0.5, 0.6) is 5.75 Å². The van der Waals surface area contributed by atoms with Crippen molar-refractivity contribution >= 4 is 5.97 Å². The Hall–Kier alpha value is -1.79. The van der Waals surface area contributed by atoms with Crippen LogP contribution in [0.3, 0.4) is 0 Å². The fourth-order valence-electron chi connectivity index (χ4n) is 0.949. The summed E-state index contributed by atoms with van der Waals surface area (Å²) in [5.41, 5.74) is -1.73. The van der Waals surface area contributed by atoms with Crippen LogP contribution in [0.4, 0.5) is 13.2 Å². The van der Waals surface area contributed by atoms with Crippen molar-refractivity contribution in [2.45, 2.75) is 6.43 Å². The van der Waals surface area contributed by atoms with Gasteiger partial charge in [-0.25, -0.2) is 18.6 Å². The van der Waals surface area contributed by atoms with Crippen LogP contribution in [0.25, 0.3) is 0 Å². The van der Waals surface area contributed by atoms with Crippen molar-refractivity contribution in [2.75, 3.05) is 7.11 Å². The van der Waals surface area contributed by atoms with Gasteiger partial charge in [-0.15, -0.1) is 0 Å². The molecule has 0 saturated heterocycles. The summed E-state index contributed by atoms with van der Waals surface area (Å²) in [7, 11) is 1.08. The number of methoxy groups -OCH3 is 1. The number of hydrogen-bond acceptors (Lipinski definition) is 3. The van der Waals surface area contributed by atoms with Gasteiger partial charge in [-0.3, -0.25) is 0 Å². The van der Waals surface area contributed by atoms with Gasteiger partial charge in [0, 0.05) is 0 Å².